The normalized spacial score (nSPS) is 16.9. The van der Waals surface area contributed by atoms with Crippen LogP contribution in [0.1, 0.15) is 33.1 Å². The van der Waals surface area contributed by atoms with E-state index in [0.29, 0.717) is 54.8 Å². The Morgan fingerprint density at radius 2 is 1.74 bits per heavy atom. The van der Waals surface area contributed by atoms with Crippen molar-refractivity contribution in [2.75, 3.05) is 57.3 Å². The van der Waals surface area contributed by atoms with Crippen molar-refractivity contribution >= 4 is 40.5 Å². The van der Waals surface area contributed by atoms with Crippen LogP contribution in [0.2, 0.25) is 10.0 Å². The number of rotatable bonds is 10. The van der Waals surface area contributed by atoms with Gasteiger partial charge in [-0.1, -0.05) is 37.0 Å². The molecular formula is C28H36Cl2N4O5. The van der Waals surface area contributed by atoms with Gasteiger partial charge in [0.1, 0.15) is 11.9 Å². The standard InChI is InChI=1S/C28H36Cl2N4O5/c1-20(2)19-38-27-18-23(4-6-26(27)34(36)37)39-22-7-11-33(12-8-22)28(35)9-10-31-13-15-32(16-14-31)21-3-5-24(29)25(30)17-21/h3-6,17-18,20,22H,7-16,19H2,1-2H3. The van der Waals surface area contributed by atoms with Crippen molar-refractivity contribution in [1.82, 2.24) is 9.80 Å². The van der Waals surface area contributed by atoms with Gasteiger partial charge in [0, 0.05) is 82.9 Å². The second kappa shape index (κ2) is 13.5. The minimum atomic E-state index is -0.445. The topological polar surface area (TPSA) is 88.4 Å². The van der Waals surface area contributed by atoms with Gasteiger partial charge in [-0.25, -0.2) is 0 Å². The molecule has 0 saturated carbocycles. The van der Waals surface area contributed by atoms with Crippen LogP contribution in [0.3, 0.4) is 0 Å². The van der Waals surface area contributed by atoms with Crippen LogP contribution in [-0.2, 0) is 4.79 Å². The predicted molar refractivity (Wildman–Crippen MR) is 153 cm³/mol. The first-order chi connectivity index (χ1) is 18.7. The van der Waals surface area contributed by atoms with Gasteiger partial charge in [-0.05, 0) is 30.2 Å². The second-order valence-electron chi connectivity index (χ2n) is 10.5. The summed E-state index contributed by atoms with van der Waals surface area (Å²) in [6.07, 6.45) is 1.88. The van der Waals surface area contributed by atoms with Gasteiger partial charge in [-0.2, -0.15) is 0 Å². The van der Waals surface area contributed by atoms with E-state index in [4.69, 9.17) is 32.7 Å². The number of piperidine rings is 1. The summed E-state index contributed by atoms with van der Waals surface area (Å²) in [5.41, 5.74) is 0.998. The Hall–Kier alpha value is -2.75. The van der Waals surface area contributed by atoms with E-state index < -0.39 is 4.92 Å². The van der Waals surface area contributed by atoms with Crippen LogP contribution in [0.25, 0.3) is 0 Å². The van der Waals surface area contributed by atoms with Crippen molar-refractivity contribution < 1.29 is 19.2 Å². The molecule has 0 aromatic heterocycles. The number of amides is 1. The number of hydrogen-bond donors (Lipinski definition) is 0. The van der Waals surface area contributed by atoms with Crippen molar-refractivity contribution in [2.45, 2.75) is 39.2 Å². The molecule has 2 aliphatic rings. The first kappa shape index (κ1) is 29.2. The maximum atomic E-state index is 12.9. The van der Waals surface area contributed by atoms with Crippen molar-refractivity contribution in [3.8, 4) is 11.5 Å². The largest absolute Gasteiger partial charge is 0.490 e. The van der Waals surface area contributed by atoms with E-state index in [1.807, 2.05) is 36.9 Å². The molecule has 1 amide bonds. The molecule has 2 aromatic rings. The molecule has 2 aromatic carbocycles. The van der Waals surface area contributed by atoms with Crippen molar-refractivity contribution in [3.05, 3.63) is 56.6 Å². The summed E-state index contributed by atoms with van der Waals surface area (Å²) >= 11 is 12.2. The fourth-order valence-corrected chi connectivity index (χ4v) is 5.12. The molecule has 0 aliphatic carbocycles. The van der Waals surface area contributed by atoms with Crippen LogP contribution in [0, 0.1) is 16.0 Å². The summed E-state index contributed by atoms with van der Waals surface area (Å²) in [6.45, 7) is 9.91. The first-order valence-corrected chi connectivity index (χ1v) is 14.2. The number of halogens is 2. The van der Waals surface area contributed by atoms with E-state index in [9.17, 15) is 14.9 Å². The summed E-state index contributed by atoms with van der Waals surface area (Å²) in [6, 6.07) is 10.3. The number of anilines is 1. The lowest BCUT2D eigenvalue weighted by Gasteiger charge is -2.37. The predicted octanol–water partition coefficient (Wildman–Crippen LogP) is 5.52. The minimum absolute atomic E-state index is 0.0529. The van der Waals surface area contributed by atoms with Crippen LogP contribution >= 0.6 is 23.2 Å². The van der Waals surface area contributed by atoms with Crippen molar-refractivity contribution in [1.29, 1.82) is 0 Å². The third-order valence-electron chi connectivity index (χ3n) is 7.08. The monoisotopic (exact) mass is 578 g/mol. The van der Waals surface area contributed by atoms with Crippen LogP contribution in [0.5, 0.6) is 11.5 Å². The maximum Gasteiger partial charge on any atom is 0.311 e. The van der Waals surface area contributed by atoms with E-state index in [2.05, 4.69) is 9.80 Å². The summed E-state index contributed by atoms with van der Waals surface area (Å²) in [5.74, 6) is 1.18. The summed E-state index contributed by atoms with van der Waals surface area (Å²) < 4.78 is 11.8. The Kier molecular flexibility index (Phi) is 10.2. The average Bonchev–Trinajstić information content (AvgIpc) is 2.92. The number of carbonyl (C=O) groups excluding carboxylic acids is 1. The smallest absolute Gasteiger partial charge is 0.311 e. The molecule has 2 heterocycles. The number of nitro benzene ring substituents is 1. The third kappa shape index (κ3) is 8.13. The molecular weight excluding hydrogens is 543 g/mol. The molecule has 2 aliphatic heterocycles. The highest BCUT2D eigenvalue weighted by atomic mass is 35.5. The number of likely N-dealkylation sites (tertiary alicyclic amines) is 1. The van der Waals surface area contributed by atoms with E-state index in [0.717, 1.165) is 38.4 Å². The summed E-state index contributed by atoms with van der Waals surface area (Å²) in [4.78, 5) is 30.3. The van der Waals surface area contributed by atoms with Gasteiger partial charge in [0.25, 0.3) is 0 Å². The van der Waals surface area contributed by atoms with Crippen LogP contribution in [0.15, 0.2) is 36.4 Å². The second-order valence-corrected chi connectivity index (χ2v) is 11.3. The Bertz CT molecular complexity index is 1150. The zero-order valence-electron chi connectivity index (χ0n) is 22.5. The number of benzene rings is 2. The zero-order valence-corrected chi connectivity index (χ0v) is 24.0. The van der Waals surface area contributed by atoms with Crippen molar-refractivity contribution in [3.63, 3.8) is 0 Å². The molecule has 212 valence electrons. The fraction of sp³-hybridized carbons (Fsp3) is 0.536. The van der Waals surface area contributed by atoms with Gasteiger partial charge < -0.3 is 19.3 Å². The fourth-order valence-electron chi connectivity index (χ4n) is 4.83. The van der Waals surface area contributed by atoms with Gasteiger partial charge in [0.15, 0.2) is 0 Å². The number of hydrogen-bond acceptors (Lipinski definition) is 7. The molecule has 2 fully saturated rings. The highest BCUT2D eigenvalue weighted by Gasteiger charge is 2.26. The van der Waals surface area contributed by atoms with Gasteiger partial charge in [-0.15, -0.1) is 0 Å². The van der Waals surface area contributed by atoms with E-state index >= 15 is 0 Å². The Labute approximate surface area is 239 Å². The lowest BCUT2D eigenvalue weighted by Crippen LogP contribution is -2.48. The quantitative estimate of drug-likeness (QED) is 0.271. The van der Waals surface area contributed by atoms with Gasteiger partial charge in [0.2, 0.25) is 11.7 Å². The molecule has 2 saturated heterocycles. The highest BCUT2D eigenvalue weighted by Crippen LogP contribution is 2.33. The first-order valence-electron chi connectivity index (χ1n) is 13.5. The minimum Gasteiger partial charge on any atom is -0.490 e. The average molecular weight is 580 g/mol. The lowest BCUT2D eigenvalue weighted by molar-refractivity contribution is -0.385. The van der Waals surface area contributed by atoms with Gasteiger partial charge in [-0.3, -0.25) is 19.8 Å². The van der Waals surface area contributed by atoms with E-state index in [1.54, 1.807) is 12.1 Å². The third-order valence-corrected chi connectivity index (χ3v) is 7.82. The number of nitrogens with zero attached hydrogens (tertiary/aromatic N) is 4. The van der Waals surface area contributed by atoms with Gasteiger partial charge >= 0.3 is 5.69 Å². The summed E-state index contributed by atoms with van der Waals surface area (Å²) in [5, 5.41) is 12.5. The van der Waals surface area contributed by atoms with E-state index in [-0.39, 0.29) is 29.4 Å². The molecule has 4 rings (SSSR count). The SMILES string of the molecule is CC(C)COc1cc(OC2CCN(C(=O)CCN3CCN(c4ccc(Cl)c(Cl)c4)CC3)CC2)ccc1[N+](=O)[O-]. The Balaban J connectivity index is 1.19. The van der Waals surface area contributed by atoms with Crippen LogP contribution < -0.4 is 14.4 Å². The van der Waals surface area contributed by atoms with Crippen molar-refractivity contribution in [2.24, 2.45) is 5.92 Å². The Morgan fingerprint density at radius 1 is 1.03 bits per heavy atom. The molecule has 0 bridgehead atoms. The maximum absolute atomic E-state index is 12.9. The molecule has 11 heteroatoms. The van der Waals surface area contributed by atoms with Crippen LogP contribution in [-0.4, -0.2) is 79.2 Å². The molecule has 0 unspecified atom stereocenters. The number of carbonyl (C=O) groups is 1. The lowest BCUT2D eigenvalue weighted by atomic mass is 10.1. The molecule has 9 nitrogen and oxygen atoms in total. The van der Waals surface area contributed by atoms with Crippen LogP contribution in [0.4, 0.5) is 11.4 Å². The molecule has 0 spiro atoms. The molecule has 39 heavy (non-hydrogen) atoms. The molecule has 0 radical (unpaired) electrons. The van der Waals surface area contributed by atoms with E-state index in [1.165, 1.54) is 6.07 Å². The highest BCUT2D eigenvalue weighted by molar-refractivity contribution is 6.42. The molecule has 0 N–H and O–H groups in total. The molecule has 0 atom stereocenters. The Morgan fingerprint density at radius 3 is 2.38 bits per heavy atom. The zero-order chi connectivity index (χ0) is 27.9. The van der Waals surface area contributed by atoms with Gasteiger partial charge in [0.05, 0.1) is 21.6 Å². The number of ether oxygens (including phenoxy) is 2. The number of piperazine rings is 1. The number of nitro groups is 1. The summed E-state index contributed by atoms with van der Waals surface area (Å²) in [7, 11) is 0.